The Hall–Kier alpha value is -2.31. The fraction of sp³-hybridized carbons (Fsp3) is 0.235. The third kappa shape index (κ3) is 2.38. The predicted octanol–water partition coefficient (Wildman–Crippen LogP) is 2.94. The van der Waals surface area contributed by atoms with E-state index in [4.69, 9.17) is 5.26 Å². The Balaban J connectivity index is 1.95. The number of benzene rings is 2. The lowest BCUT2D eigenvalue weighted by molar-refractivity contribution is 0.267. The quantitative estimate of drug-likeness (QED) is 0.876. The minimum Gasteiger partial charge on any atom is -0.394 e. The first-order chi connectivity index (χ1) is 9.80. The first-order valence-electron chi connectivity index (χ1n) is 6.81. The van der Waals surface area contributed by atoms with Crippen LogP contribution in [0, 0.1) is 11.3 Å². The molecular formula is C17H16N2O. The van der Waals surface area contributed by atoms with Gasteiger partial charge in [0.25, 0.3) is 0 Å². The first kappa shape index (κ1) is 12.7. The largest absolute Gasteiger partial charge is 0.394 e. The van der Waals surface area contributed by atoms with E-state index in [1.807, 2.05) is 24.3 Å². The van der Waals surface area contributed by atoms with Crippen LogP contribution in [0.4, 0.5) is 5.69 Å². The molecule has 2 N–H and O–H groups in total. The molecule has 1 unspecified atom stereocenters. The second kappa shape index (κ2) is 5.36. The van der Waals surface area contributed by atoms with Crippen LogP contribution < -0.4 is 5.32 Å². The SMILES string of the molecule is N#Cc1cccc(-c2ccc3c(c2)CCC(CO)N3)c1. The van der Waals surface area contributed by atoms with Crippen molar-refractivity contribution in [2.45, 2.75) is 18.9 Å². The molecule has 0 saturated carbocycles. The first-order valence-corrected chi connectivity index (χ1v) is 6.81. The Morgan fingerprint density at radius 1 is 1.20 bits per heavy atom. The van der Waals surface area contributed by atoms with Crippen LogP contribution in [-0.4, -0.2) is 17.8 Å². The Kier molecular flexibility index (Phi) is 3.41. The van der Waals surface area contributed by atoms with E-state index in [0.29, 0.717) is 5.56 Å². The van der Waals surface area contributed by atoms with Crippen LogP contribution in [0.2, 0.25) is 0 Å². The highest BCUT2D eigenvalue weighted by Gasteiger charge is 2.17. The highest BCUT2D eigenvalue weighted by Crippen LogP contribution is 2.30. The molecule has 0 saturated heterocycles. The van der Waals surface area contributed by atoms with Crippen LogP contribution in [0.5, 0.6) is 0 Å². The molecule has 100 valence electrons. The minimum absolute atomic E-state index is 0.162. The van der Waals surface area contributed by atoms with Crippen molar-refractivity contribution >= 4 is 5.69 Å². The summed E-state index contributed by atoms with van der Waals surface area (Å²) in [6, 6.07) is 16.3. The van der Waals surface area contributed by atoms with Crippen molar-refractivity contribution in [3.05, 3.63) is 53.6 Å². The summed E-state index contributed by atoms with van der Waals surface area (Å²) in [5.41, 5.74) is 5.25. The summed E-state index contributed by atoms with van der Waals surface area (Å²) in [7, 11) is 0. The van der Waals surface area contributed by atoms with Crippen LogP contribution in [0.3, 0.4) is 0 Å². The summed E-state index contributed by atoms with van der Waals surface area (Å²) >= 11 is 0. The molecule has 3 nitrogen and oxygen atoms in total. The number of aliphatic hydroxyl groups is 1. The van der Waals surface area contributed by atoms with Gasteiger partial charge >= 0.3 is 0 Å². The van der Waals surface area contributed by atoms with Gasteiger partial charge in [-0.2, -0.15) is 5.26 Å². The Morgan fingerprint density at radius 2 is 2.05 bits per heavy atom. The van der Waals surface area contributed by atoms with E-state index in [2.05, 4.69) is 29.6 Å². The fourth-order valence-corrected chi connectivity index (χ4v) is 2.65. The number of aliphatic hydroxyl groups excluding tert-OH is 1. The maximum atomic E-state index is 9.21. The van der Waals surface area contributed by atoms with Crippen molar-refractivity contribution in [1.29, 1.82) is 5.26 Å². The molecule has 2 aromatic carbocycles. The second-order valence-corrected chi connectivity index (χ2v) is 5.13. The second-order valence-electron chi connectivity index (χ2n) is 5.13. The van der Waals surface area contributed by atoms with E-state index in [9.17, 15) is 5.11 Å². The summed E-state index contributed by atoms with van der Waals surface area (Å²) in [4.78, 5) is 0. The predicted molar refractivity (Wildman–Crippen MR) is 79.4 cm³/mol. The Morgan fingerprint density at radius 3 is 2.85 bits per heavy atom. The number of rotatable bonds is 2. The van der Waals surface area contributed by atoms with Crippen LogP contribution in [-0.2, 0) is 6.42 Å². The van der Waals surface area contributed by atoms with Crippen LogP contribution >= 0.6 is 0 Å². The summed E-state index contributed by atoms with van der Waals surface area (Å²) in [5, 5.41) is 21.5. The van der Waals surface area contributed by atoms with Gasteiger partial charge in [-0.05, 0) is 53.8 Å². The molecule has 0 aliphatic carbocycles. The molecule has 3 rings (SSSR count). The number of fused-ring (bicyclic) bond motifs is 1. The molecule has 0 amide bonds. The number of nitriles is 1. The lowest BCUT2D eigenvalue weighted by Crippen LogP contribution is -2.28. The third-order valence-corrected chi connectivity index (χ3v) is 3.77. The van der Waals surface area contributed by atoms with E-state index < -0.39 is 0 Å². The van der Waals surface area contributed by atoms with Crippen LogP contribution in [0.15, 0.2) is 42.5 Å². The van der Waals surface area contributed by atoms with Crippen molar-refractivity contribution in [1.82, 2.24) is 0 Å². The van der Waals surface area contributed by atoms with Gasteiger partial charge < -0.3 is 10.4 Å². The summed E-state index contributed by atoms with van der Waals surface area (Å²) < 4.78 is 0. The lowest BCUT2D eigenvalue weighted by Gasteiger charge is -2.26. The topological polar surface area (TPSA) is 56.0 Å². The van der Waals surface area contributed by atoms with E-state index >= 15 is 0 Å². The van der Waals surface area contributed by atoms with Gasteiger partial charge in [0.15, 0.2) is 0 Å². The van der Waals surface area contributed by atoms with Gasteiger partial charge in [-0.25, -0.2) is 0 Å². The highest BCUT2D eigenvalue weighted by atomic mass is 16.3. The lowest BCUT2D eigenvalue weighted by atomic mass is 9.94. The normalized spacial score (nSPS) is 16.9. The third-order valence-electron chi connectivity index (χ3n) is 3.77. The molecular weight excluding hydrogens is 248 g/mol. The smallest absolute Gasteiger partial charge is 0.0991 e. The van der Waals surface area contributed by atoms with Gasteiger partial charge in [0, 0.05) is 11.7 Å². The average Bonchev–Trinajstić information content (AvgIpc) is 2.54. The van der Waals surface area contributed by atoms with E-state index in [0.717, 1.165) is 29.7 Å². The summed E-state index contributed by atoms with van der Waals surface area (Å²) in [6.07, 6.45) is 1.92. The number of anilines is 1. The van der Waals surface area contributed by atoms with Crippen molar-refractivity contribution < 1.29 is 5.11 Å². The molecule has 2 aromatic rings. The molecule has 0 fully saturated rings. The van der Waals surface area contributed by atoms with Crippen LogP contribution in [0.1, 0.15) is 17.5 Å². The number of aryl methyl sites for hydroxylation is 1. The maximum Gasteiger partial charge on any atom is 0.0991 e. The zero-order chi connectivity index (χ0) is 13.9. The van der Waals surface area contributed by atoms with E-state index in [-0.39, 0.29) is 12.6 Å². The minimum atomic E-state index is 0.162. The average molecular weight is 264 g/mol. The number of hydrogen-bond donors (Lipinski definition) is 2. The zero-order valence-electron chi connectivity index (χ0n) is 11.1. The van der Waals surface area contributed by atoms with Crippen molar-refractivity contribution in [3.63, 3.8) is 0 Å². The Labute approximate surface area is 118 Å². The highest BCUT2D eigenvalue weighted by molar-refractivity contribution is 5.70. The van der Waals surface area contributed by atoms with Gasteiger partial charge in [0.2, 0.25) is 0 Å². The standard InChI is InChI=1S/C17H16N2O/c18-10-12-2-1-3-13(8-12)14-5-7-17-15(9-14)4-6-16(11-20)19-17/h1-3,5,7-9,16,19-20H,4,6,11H2. The molecule has 1 aliphatic rings. The molecule has 0 spiro atoms. The molecule has 0 radical (unpaired) electrons. The van der Waals surface area contributed by atoms with Crippen molar-refractivity contribution in [2.75, 3.05) is 11.9 Å². The molecule has 1 aliphatic heterocycles. The van der Waals surface area contributed by atoms with Crippen LogP contribution in [0.25, 0.3) is 11.1 Å². The van der Waals surface area contributed by atoms with Gasteiger partial charge in [0.1, 0.15) is 0 Å². The van der Waals surface area contributed by atoms with Crippen molar-refractivity contribution in [2.24, 2.45) is 0 Å². The number of nitrogens with zero attached hydrogens (tertiary/aromatic N) is 1. The summed E-state index contributed by atoms with van der Waals surface area (Å²) in [6.45, 7) is 0.172. The Bertz CT molecular complexity index is 673. The maximum absolute atomic E-state index is 9.21. The molecule has 0 aromatic heterocycles. The van der Waals surface area contributed by atoms with E-state index in [1.165, 1.54) is 5.56 Å². The van der Waals surface area contributed by atoms with Gasteiger partial charge in [-0.15, -0.1) is 0 Å². The number of nitrogens with one attached hydrogen (secondary N) is 1. The number of hydrogen-bond acceptors (Lipinski definition) is 3. The van der Waals surface area contributed by atoms with Gasteiger partial charge in [-0.3, -0.25) is 0 Å². The molecule has 0 bridgehead atoms. The molecule has 20 heavy (non-hydrogen) atoms. The molecule has 1 heterocycles. The fourth-order valence-electron chi connectivity index (χ4n) is 2.65. The summed E-state index contributed by atoms with van der Waals surface area (Å²) in [5.74, 6) is 0. The van der Waals surface area contributed by atoms with Crippen molar-refractivity contribution in [3.8, 4) is 17.2 Å². The van der Waals surface area contributed by atoms with Gasteiger partial charge in [-0.1, -0.05) is 18.2 Å². The van der Waals surface area contributed by atoms with Gasteiger partial charge in [0.05, 0.1) is 18.2 Å². The monoisotopic (exact) mass is 264 g/mol. The molecule has 1 atom stereocenters. The molecule has 3 heteroatoms. The zero-order valence-corrected chi connectivity index (χ0v) is 11.1. The van der Waals surface area contributed by atoms with E-state index in [1.54, 1.807) is 0 Å².